The largest absolute Gasteiger partial charge is 0.387 e. The highest BCUT2D eigenvalue weighted by Crippen LogP contribution is 2.43. The first-order valence-electron chi connectivity index (χ1n) is 7.28. The van der Waals surface area contributed by atoms with Crippen LogP contribution in [0.25, 0.3) is 0 Å². The predicted octanol–water partition coefficient (Wildman–Crippen LogP) is -0.963. The first-order chi connectivity index (χ1) is 10.4. The number of hydrogen-bond acceptors (Lipinski definition) is 5. The molecule has 122 valence electrons. The Morgan fingerprint density at radius 2 is 2.09 bits per heavy atom. The van der Waals surface area contributed by atoms with Gasteiger partial charge in [0.2, 0.25) is 15.9 Å². The average Bonchev–Trinajstić information content (AvgIpc) is 2.96. The van der Waals surface area contributed by atoms with Gasteiger partial charge in [0.25, 0.3) is 0 Å². The number of likely N-dealkylation sites (tertiary alicyclic amines) is 1. The summed E-state index contributed by atoms with van der Waals surface area (Å²) in [5.74, 6) is -0.321. The molecule has 1 aromatic rings. The third-order valence-electron chi connectivity index (χ3n) is 4.68. The van der Waals surface area contributed by atoms with Gasteiger partial charge in [-0.2, -0.15) is 4.31 Å². The molecule has 1 spiro atoms. The molecular weight excluding hydrogens is 308 g/mol. The molecule has 0 aromatic carbocycles. The van der Waals surface area contributed by atoms with Crippen LogP contribution >= 0.6 is 0 Å². The Morgan fingerprint density at radius 3 is 2.68 bits per heavy atom. The van der Waals surface area contributed by atoms with E-state index in [1.165, 1.54) is 10.6 Å². The van der Waals surface area contributed by atoms with E-state index in [-0.39, 0.29) is 5.91 Å². The quantitative estimate of drug-likeness (QED) is 0.727. The van der Waals surface area contributed by atoms with Gasteiger partial charge in [-0.15, -0.1) is 0 Å². The van der Waals surface area contributed by atoms with Crippen LogP contribution in [0.15, 0.2) is 6.33 Å². The summed E-state index contributed by atoms with van der Waals surface area (Å²) < 4.78 is 26.0. The lowest BCUT2D eigenvalue weighted by Gasteiger charge is -2.49. The Kier molecular flexibility index (Phi) is 3.74. The molecule has 1 saturated heterocycles. The SMILES string of the molecule is CS(=O)(=O)N1CCc2[nH]cnc2C12CCN(C(=O)CO)CC2. The number of nitrogens with one attached hydrogen (secondary N) is 1. The topological polar surface area (TPSA) is 107 Å². The number of aliphatic hydroxyl groups excluding tert-OH is 1. The molecule has 0 bridgehead atoms. The summed E-state index contributed by atoms with van der Waals surface area (Å²) in [5.41, 5.74) is 1.06. The van der Waals surface area contributed by atoms with Crippen molar-refractivity contribution >= 4 is 15.9 Å². The number of amides is 1. The van der Waals surface area contributed by atoms with Crippen LogP contribution < -0.4 is 0 Å². The number of aromatic amines is 1. The van der Waals surface area contributed by atoms with E-state index < -0.39 is 22.2 Å². The molecule has 0 radical (unpaired) electrons. The van der Waals surface area contributed by atoms with Crippen LogP contribution in [0.1, 0.15) is 24.2 Å². The zero-order chi connectivity index (χ0) is 16.0. The monoisotopic (exact) mass is 328 g/mol. The standard InChI is InChI=1S/C13H20N4O4S/c1-22(20,21)17-5-2-10-12(15-9-14-10)13(17)3-6-16(7-4-13)11(19)8-18/h9,18H,2-8H2,1H3,(H,14,15). The molecule has 0 saturated carbocycles. The average molecular weight is 328 g/mol. The summed E-state index contributed by atoms with van der Waals surface area (Å²) in [6.07, 6.45) is 4.41. The molecule has 2 aliphatic rings. The highest BCUT2D eigenvalue weighted by atomic mass is 32.2. The van der Waals surface area contributed by atoms with Crippen molar-refractivity contribution in [2.75, 3.05) is 32.5 Å². The maximum atomic E-state index is 12.2. The molecule has 0 atom stereocenters. The van der Waals surface area contributed by atoms with Gasteiger partial charge in [-0.3, -0.25) is 4.79 Å². The van der Waals surface area contributed by atoms with Gasteiger partial charge in [0.05, 0.1) is 23.8 Å². The van der Waals surface area contributed by atoms with E-state index in [4.69, 9.17) is 5.11 Å². The van der Waals surface area contributed by atoms with Gasteiger partial charge < -0.3 is 15.0 Å². The molecule has 22 heavy (non-hydrogen) atoms. The molecule has 0 unspecified atom stereocenters. The minimum absolute atomic E-state index is 0.321. The number of imidazole rings is 1. The normalized spacial score (nSPS) is 21.8. The van der Waals surface area contributed by atoms with Crippen molar-refractivity contribution in [1.29, 1.82) is 0 Å². The number of hydrogen-bond donors (Lipinski definition) is 2. The zero-order valence-electron chi connectivity index (χ0n) is 12.4. The Hall–Kier alpha value is -1.45. The van der Waals surface area contributed by atoms with Gasteiger partial charge in [0.15, 0.2) is 0 Å². The van der Waals surface area contributed by atoms with Crippen LogP contribution in [0.3, 0.4) is 0 Å². The fourth-order valence-corrected chi connectivity index (χ4v) is 4.98. The second-order valence-corrected chi connectivity index (χ2v) is 7.79. The number of aromatic nitrogens is 2. The molecule has 3 rings (SSSR count). The number of aliphatic hydroxyl groups is 1. The summed E-state index contributed by atoms with van der Waals surface area (Å²) in [4.78, 5) is 20.7. The molecule has 2 N–H and O–H groups in total. The van der Waals surface area contributed by atoms with E-state index in [0.29, 0.717) is 38.9 Å². The van der Waals surface area contributed by atoms with Crippen LogP contribution in [0, 0.1) is 0 Å². The second-order valence-electron chi connectivity index (χ2n) is 5.89. The van der Waals surface area contributed by atoms with E-state index in [1.807, 2.05) is 0 Å². The number of carbonyl (C=O) groups excluding carboxylic acids is 1. The Bertz CT molecular complexity index is 676. The van der Waals surface area contributed by atoms with Crippen LogP contribution in [-0.4, -0.2) is 71.1 Å². The number of piperidine rings is 1. The number of nitrogens with zero attached hydrogens (tertiary/aromatic N) is 3. The summed E-state index contributed by atoms with van der Waals surface area (Å²) in [5, 5.41) is 8.98. The fraction of sp³-hybridized carbons (Fsp3) is 0.692. The summed E-state index contributed by atoms with van der Waals surface area (Å²) in [7, 11) is -3.37. The number of sulfonamides is 1. The van der Waals surface area contributed by atoms with Crippen molar-refractivity contribution in [2.45, 2.75) is 24.8 Å². The first-order valence-corrected chi connectivity index (χ1v) is 9.12. The maximum absolute atomic E-state index is 12.2. The van der Waals surface area contributed by atoms with Crippen molar-refractivity contribution in [1.82, 2.24) is 19.2 Å². The zero-order valence-corrected chi connectivity index (χ0v) is 13.3. The predicted molar refractivity (Wildman–Crippen MR) is 78.4 cm³/mol. The van der Waals surface area contributed by atoms with Gasteiger partial charge in [-0.25, -0.2) is 13.4 Å². The minimum atomic E-state index is -3.37. The summed E-state index contributed by atoms with van der Waals surface area (Å²) >= 11 is 0. The van der Waals surface area contributed by atoms with E-state index in [1.54, 1.807) is 11.2 Å². The molecule has 1 fully saturated rings. The van der Waals surface area contributed by atoms with Crippen LogP contribution in [0.5, 0.6) is 0 Å². The lowest BCUT2D eigenvalue weighted by Crippen LogP contribution is -2.58. The molecule has 9 heteroatoms. The molecule has 2 aliphatic heterocycles. The molecule has 3 heterocycles. The van der Waals surface area contributed by atoms with Gasteiger partial charge in [0, 0.05) is 31.7 Å². The number of fused-ring (bicyclic) bond motifs is 2. The fourth-order valence-electron chi connectivity index (χ4n) is 3.65. The van der Waals surface area contributed by atoms with E-state index in [9.17, 15) is 13.2 Å². The van der Waals surface area contributed by atoms with Crippen LogP contribution in [0.4, 0.5) is 0 Å². The van der Waals surface area contributed by atoms with Gasteiger partial charge in [-0.05, 0) is 12.8 Å². The molecule has 1 aromatic heterocycles. The number of carbonyl (C=O) groups is 1. The summed E-state index contributed by atoms with van der Waals surface area (Å²) in [6.45, 7) is 0.730. The van der Waals surface area contributed by atoms with Crippen LogP contribution in [-0.2, 0) is 26.8 Å². The van der Waals surface area contributed by atoms with Crippen LogP contribution in [0.2, 0.25) is 0 Å². The van der Waals surface area contributed by atoms with Gasteiger partial charge in [-0.1, -0.05) is 0 Å². The first kappa shape index (κ1) is 15.4. The molecular formula is C13H20N4O4S. The van der Waals surface area contributed by atoms with Crippen molar-refractivity contribution in [3.63, 3.8) is 0 Å². The highest BCUT2D eigenvalue weighted by molar-refractivity contribution is 7.88. The maximum Gasteiger partial charge on any atom is 0.248 e. The lowest BCUT2D eigenvalue weighted by molar-refractivity contribution is -0.136. The van der Waals surface area contributed by atoms with E-state index >= 15 is 0 Å². The number of rotatable bonds is 2. The van der Waals surface area contributed by atoms with Crippen molar-refractivity contribution in [3.8, 4) is 0 Å². The van der Waals surface area contributed by atoms with Gasteiger partial charge in [0.1, 0.15) is 6.61 Å². The summed E-state index contributed by atoms with van der Waals surface area (Å²) in [6, 6.07) is 0. The second kappa shape index (κ2) is 5.32. The van der Waals surface area contributed by atoms with E-state index in [2.05, 4.69) is 9.97 Å². The number of H-pyrrole nitrogens is 1. The van der Waals surface area contributed by atoms with Crippen molar-refractivity contribution in [2.24, 2.45) is 0 Å². The van der Waals surface area contributed by atoms with Crippen molar-refractivity contribution < 1.29 is 18.3 Å². The minimum Gasteiger partial charge on any atom is -0.387 e. The lowest BCUT2D eigenvalue weighted by atomic mass is 9.80. The van der Waals surface area contributed by atoms with Crippen molar-refractivity contribution in [3.05, 3.63) is 17.7 Å². The molecule has 0 aliphatic carbocycles. The van der Waals surface area contributed by atoms with E-state index in [0.717, 1.165) is 11.4 Å². The third kappa shape index (κ3) is 2.33. The Labute approximate surface area is 129 Å². The van der Waals surface area contributed by atoms with Gasteiger partial charge >= 0.3 is 0 Å². The smallest absolute Gasteiger partial charge is 0.248 e. The third-order valence-corrected chi connectivity index (χ3v) is 6.01. The highest BCUT2D eigenvalue weighted by Gasteiger charge is 2.50. The Morgan fingerprint density at radius 1 is 1.41 bits per heavy atom. The molecule has 8 nitrogen and oxygen atoms in total. The molecule has 1 amide bonds. The Balaban J connectivity index is 1.97.